The molecule has 0 spiro atoms. The second kappa shape index (κ2) is 6.44. The topological polar surface area (TPSA) is 32.3 Å². The predicted molar refractivity (Wildman–Crippen MR) is 92.5 cm³/mol. The maximum Gasteiger partial charge on any atom is 0.322 e. The van der Waals surface area contributed by atoms with Gasteiger partial charge in [0.15, 0.2) is 0 Å². The van der Waals surface area contributed by atoms with Gasteiger partial charge < -0.3 is 10.2 Å². The Labute approximate surface area is 135 Å². The fourth-order valence-corrected chi connectivity index (χ4v) is 3.22. The molecule has 0 aliphatic carbocycles. The van der Waals surface area contributed by atoms with Gasteiger partial charge in [-0.2, -0.15) is 0 Å². The number of urea groups is 1. The predicted octanol–water partition coefficient (Wildman–Crippen LogP) is 4.31. The van der Waals surface area contributed by atoms with Gasteiger partial charge in [0.25, 0.3) is 0 Å². The number of benzene rings is 2. The number of anilines is 1. The largest absolute Gasteiger partial charge is 0.322 e. The van der Waals surface area contributed by atoms with Crippen LogP contribution in [0.5, 0.6) is 0 Å². The van der Waals surface area contributed by atoms with Gasteiger partial charge in [0.05, 0.1) is 0 Å². The monoisotopic (exact) mass is 312 g/mol. The number of amides is 2. The van der Waals surface area contributed by atoms with E-state index in [1.165, 1.54) is 16.7 Å². The average molecular weight is 312 g/mol. The van der Waals surface area contributed by atoms with Gasteiger partial charge in [0, 0.05) is 23.7 Å². The highest BCUT2D eigenvalue weighted by molar-refractivity contribution is 7.98. The van der Waals surface area contributed by atoms with Crippen LogP contribution in [0.15, 0.2) is 47.4 Å². The first-order chi connectivity index (χ1) is 10.7. The molecule has 0 radical (unpaired) electrons. The second-order valence-corrected chi connectivity index (χ2v) is 6.49. The van der Waals surface area contributed by atoms with Crippen LogP contribution >= 0.6 is 11.8 Å². The summed E-state index contributed by atoms with van der Waals surface area (Å²) in [6, 6.07) is 14.4. The molecule has 3 rings (SSSR count). The molecule has 1 aliphatic heterocycles. The van der Waals surface area contributed by atoms with Crippen molar-refractivity contribution in [2.75, 3.05) is 18.1 Å². The Morgan fingerprint density at radius 3 is 2.86 bits per heavy atom. The molecular weight excluding hydrogens is 292 g/mol. The van der Waals surface area contributed by atoms with Crippen molar-refractivity contribution in [3.05, 3.63) is 59.2 Å². The minimum Gasteiger partial charge on any atom is -0.320 e. The van der Waals surface area contributed by atoms with Crippen molar-refractivity contribution in [1.82, 2.24) is 4.90 Å². The van der Waals surface area contributed by atoms with E-state index in [1.54, 1.807) is 11.8 Å². The summed E-state index contributed by atoms with van der Waals surface area (Å²) in [7, 11) is 0. The van der Waals surface area contributed by atoms with Gasteiger partial charge in [-0.1, -0.05) is 29.8 Å². The summed E-state index contributed by atoms with van der Waals surface area (Å²) in [6.07, 6.45) is 2.96. The summed E-state index contributed by atoms with van der Waals surface area (Å²) in [5, 5.41) is 3.01. The van der Waals surface area contributed by atoms with E-state index in [0.29, 0.717) is 6.54 Å². The summed E-state index contributed by atoms with van der Waals surface area (Å²) in [4.78, 5) is 15.5. The molecule has 0 atom stereocenters. The van der Waals surface area contributed by atoms with Crippen LogP contribution in [0.4, 0.5) is 10.5 Å². The number of hydrogen-bond donors (Lipinski definition) is 1. The van der Waals surface area contributed by atoms with E-state index in [1.807, 2.05) is 35.4 Å². The van der Waals surface area contributed by atoms with E-state index in [0.717, 1.165) is 23.5 Å². The Kier molecular flexibility index (Phi) is 4.39. The minimum absolute atomic E-state index is 0.0228. The average Bonchev–Trinajstić information content (AvgIpc) is 2.54. The Balaban J connectivity index is 1.71. The number of thioether (sulfide) groups is 1. The molecule has 2 aromatic carbocycles. The minimum atomic E-state index is -0.0228. The maximum atomic E-state index is 12.5. The SMILES string of the molecule is CSc1cccc(NC(=O)N2CCc3ccc(C)cc3C2)c1. The van der Waals surface area contributed by atoms with Crippen LogP contribution in [0, 0.1) is 6.92 Å². The molecule has 114 valence electrons. The first kappa shape index (κ1) is 15.0. The molecule has 1 heterocycles. The molecule has 0 aromatic heterocycles. The van der Waals surface area contributed by atoms with Gasteiger partial charge in [0.2, 0.25) is 0 Å². The summed E-state index contributed by atoms with van der Waals surface area (Å²) < 4.78 is 0. The van der Waals surface area contributed by atoms with Gasteiger partial charge in [-0.25, -0.2) is 4.79 Å². The zero-order valence-electron chi connectivity index (χ0n) is 12.9. The number of nitrogens with one attached hydrogen (secondary N) is 1. The van der Waals surface area contributed by atoms with Crippen LogP contribution in [-0.4, -0.2) is 23.7 Å². The third-order valence-electron chi connectivity index (χ3n) is 3.98. The highest BCUT2D eigenvalue weighted by Gasteiger charge is 2.20. The van der Waals surface area contributed by atoms with Crippen molar-refractivity contribution in [2.45, 2.75) is 24.8 Å². The van der Waals surface area contributed by atoms with Crippen LogP contribution in [0.3, 0.4) is 0 Å². The number of hydrogen-bond acceptors (Lipinski definition) is 2. The van der Waals surface area contributed by atoms with E-state index >= 15 is 0 Å². The number of nitrogens with zero attached hydrogens (tertiary/aromatic N) is 1. The van der Waals surface area contributed by atoms with Crippen molar-refractivity contribution in [3.63, 3.8) is 0 Å². The van der Waals surface area contributed by atoms with Gasteiger partial charge in [-0.15, -0.1) is 11.8 Å². The lowest BCUT2D eigenvalue weighted by molar-refractivity contribution is 0.206. The molecule has 1 aliphatic rings. The van der Waals surface area contributed by atoms with Crippen molar-refractivity contribution in [2.24, 2.45) is 0 Å². The molecule has 3 nitrogen and oxygen atoms in total. The van der Waals surface area contributed by atoms with Crippen molar-refractivity contribution < 1.29 is 4.79 Å². The molecule has 2 aromatic rings. The maximum absolute atomic E-state index is 12.5. The molecule has 0 fully saturated rings. The Morgan fingerprint density at radius 2 is 2.05 bits per heavy atom. The third-order valence-corrected chi connectivity index (χ3v) is 4.71. The normalized spacial score (nSPS) is 13.6. The first-order valence-electron chi connectivity index (χ1n) is 7.44. The highest BCUT2D eigenvalue weighted by Crippen LogP contribution is 2.22. The molecule has 1 N–H and O–H groups in total. The highest BCUT2D eigenvalue weighted by atomic mass is 32.2. The van der Waals surface area contributed by atoms with Crippen LogP contribution in [0.2, 0.25) is 0 Å². The lowest BCUT2D eigenvalue weighted by Crippen LogP contribution is -2.38. The molecule has 0 bridgehead atoms. The van der Waals surface area contributed by atoms with E-state index in [2.05, 4.69) is 30.4 Å². The molecular formula is C18H20N2OS. The summed E-state index contributed by atoms with van der Waals surface area (Å²) in [5.74, 6) is 0. The van der Waals surface area contributed by atoms with Crippen molar-refractivity contribution >= 4 is 23.5 Å². The summed E-state index contributed by atoms with van der Waals surface area (Å²) in [6.45, 7) is 3.54. The zero-order chi connectivity index (χ0) is 15.5. The molecule has 22 heavy (non-hydrogen) atoms. The van der Waals surface area contributed by atoms with E-state index in [-0.39, 0.29) is 6.03 Å². The molecule has 4 heteroatoms. The Bertz CT molecular complexity index is 699. The number of carbonyl (C=O) groups excluding carboxylic acids is 1. The van der Waals surface area contributed by atoms with Gasteiger partial charge in [0.1, 0.15) is 0 Å². The quantitative estimate of drug-likeness (QED) is 0.838. The summed E-state index contributed by atoms with van der Waals surface area (Å²) >= 11 is 1.67. The van der Waals surface area contributed by atoms with Gasteiger partial charge in [-0.3, -0.25) is 0 Å². The van der Waals surface area contributed by atoms with Crippen molar-refractivity contribution in [1.29, 1.82) is 0 Å². The number of rotatable bonds is 2. The first-order valence-corrected chi connectivity index (χ1v) is 8.66. The van der Waals surface area contributed by atoms with Crippen LogP contribution in [-0.2, 0) is 13.0 Å². The summed E-state index contributed by atoms with van der Waals surface area (Å²) in [5.41, 5.74) is 4.72. The third kappa shape index (κ3) is 3.28. The fourth-order valence-electron chi connectivity index (χ4n) is 2.76. The Hall–Kier alpha value is -1.94. The Morgan fingerprint density at radius 1 is 1.18 bits per heavy atom. The molecule has 2 amide bonds. The van der Waals surface area contributed by atoms with Crippen LogP contribution in [0.25, 0.3) is 0 Å². The molecule has 0 saturated carbocycles. The second-order valence-electron chi connectivity index (χ2n) is 5.61. The van der Waals surface area contributed by atoms with Gasteiger partial charge >= 0.3 is 6.03 Å². The van der Waals surface area contributed by atoms with E-state index in [4.69, 9.17) is 0 Å². The smallest absolute Gasteiger partial charge is 0.320 e. The van der Waals surface area contributed by atoms with E-state index < -0.39 is 0 Å². The standard InChI is InChI=1S/C18H20N2OS/c1-13-6-7-14-8-9-20(12-15(14)10-13)18(21)19-16-4-3-5-17(11-16)22-2/h3-7,10-11H,8-9,12H2,1-2H3,(H,19,21). The van der Waals surface area contributed by atoms with E-state index in [9.17, 15) is 4.79 Å². The van der Waals surface area contributed by atoms with Gasteiger partial charge in [-0.05, 0) is 48.9 Å². The van der Waals surface area contributed by atoms with Crippen molar-refractivity contribution in [3.8, 4) is 0 Å². The number of aryl methyl sites for hydroxylation is 1. The molecule has 0 saturated heterocycles. The van der Waals surface area contributed by atoms with Crippen LogP contribution < -0.4 is 5.32 Å². The number of fused-ring (bicyclic) bond motifs is 1. The molecule has 0 unspecified atom stereocenters. The number of carbonyl (C=O) groups is 1. The lowest BCUT2D eigenvalue weighted by Gasteiger charge is -2.29. The fraction of sp³-hybridized carbons (Fsp3) is 0.278. The van der Waals surface area contributed by atoms with Crippen LogP contribution in [0.1, 0.15) is 16.7 Å². The lowest BCUT2D eigenvalue weighted by atomic mass is 9.98. The zero-order valence-corrected chi connectivity index (χ0v) is 13.7.